The first kappa shape index (κ1) is 31.9. The van der Waals surface area contributed by atoms with E-state index in [0.717, 1.165) is 0 Å². The quantitative estimate of drug-likeness (QED) is 0.268. The van der Waals surface area contributed by atoms with Crippen LogP contribution in [0.4, 0.5) is 0 Å². The molecule has 16 heteroatoms. The van der Waals surface area contributed by atoms with Gasteiger partial charge in [0, 0.05) is 14.2 Å². The molecule has 4 aliphatic heterocycles. The zero-order valence-corrected chi connectivity index (χ0v) is 25.6. The van der Waals surface area contributed by atoms with Gasteiger partial charge in [0.05, 0.1) is 26.4 Å². The van der Waals surface area contributed by atoms with E-state index in [1.165, 1.54) is 14.2 Å². The van der Waals surface area contributed by atoms with Gasteiger partial charge in [-0.2, -0.15) is 0 Å². The fraction of sp³-hybridized carbons (Fsp3) is 1.00. The van der Waals surface area contributed by atoms with Crippen LogP contribution < -0.4 is 0 Å². The zero-order valence-electron chi connectivity index (χ0n) is 23.8. The maximum absolute atomic E-state index is 14.1. The molecule has 0 aromatic carbocycles. The normalized spacial score (nSPS) is 37.3. The molecule has 0 amide bonds. The summed E-state index contributed by atoms with van der Waals surface area (Å²) in [6.07, 6.45) is -4.91. The van der Waals surface area contributed by atoms with Gasteiger partial charge in [0.1, 0.15) is 36.6 Å². The van der Waals surface area contributed by atoms with E-state index < -0.39 is 81.9 Å². The number of methoxy groups -OCH3 is 2. The summed E-state index contributed by atoms with van der Waals surface area (Å²) < 4.78 is 96.4. The average molecular weight is 605 g/mol. The van der Waals surface area contributed by atoms with Gasteiger partial charge < -0.3 is 56.0 Å². The summed E-state index contributed by atoms with van der Waals surface area (Å²) >= 11 is 0. The molecule has 14 nitrogen and oxygen atoms in total. The van der Waals surface area contributed by atoms with Crippen LogP contribution in [0.5, 0.6) is 0 Å². The van der Waals surface area contributed by atoms with E-state index in [1.54, 1.807) is 41.5 Å². The van der Waals surface area contributed by atoms with Crippen molar-refractivity contribution in [3.05, 3.63) is 0 Å². The van der Waals surface area contributed by atoms with Crippen LogP contribution in [0.2, 0.25) is 0 Å². The molecule has 0 N–H and O–H groups in total. The van der Waals surface area contributed by atoms with Gasteiger partial charge in [-0.3, -0.25) is 9.13 Å². The third-order valence-corrected chi connectivity index (χ3v) is 11.7. The molecule has 4 saturated heterocycles. The summed E-state index contributed by atoms with van der Waals surface area (Å²) in [5, 5.41) is 0. The van der Waals surface area contributed by atoms with Gasteiger partial charge in [-0.15, -0.1) is 0 Å². The smallest absolute Gasteiger partial charge is 0.342 e. The average Bonchev–Trinajstić information content (AvgIpc) is 3.52. The van der Waals surface area contributed by atoms with Crippen molar-refractivity contribution in [2.24, 2.45) is 0 Å². The number of fused-ring (bicyclic) bond motifs is 2. The van der Waals surface area contributed by atoms with Crippen molar-refractivity contribution in [3.8, 4) is 0 Å². The van der Waals surface area contributed by atoms with Gasteiger partial charge in [-0.05, 0) is 41.5 Å². The molecule has 4 fully saturated rings. The molecule has 228 valence electrons. The van der Waals surface area contributed by atoms with Crippen molar-refractivity contribution < 1.29 is 65.1 Å². The fourth-order valence-electron chi connectivity index (χ4n) is 5.15. The number of ether oxygens (including phenoxy) is 8. The van der Waals surface area contributed by atoms with E-state index in [1.807, 2.05) is 0 Å². The number of hydrogen-bond donors (Lipinski definition) is 0. The molecule has 0 spiro atoms. The van der Waals surface area contributed by atoms with E-state index in [4.69, 9.17) is 56.0 Å². The Labute approximate surface area is 229 Å². The Kier molecular flexibility index (Phi) is 10.1. The van der Waals surface area contributed by atoms with Crippen molar-refractivity contribution in [1.29, 1.82) is 0 Å². The topological polar surface area (TPSA) is 145 Å². The first-order valence-electron chi connectivity index (χ1n) is 13.1. The van der Waals surface area contributed by atoms with Crippen molar-refractivity contribution in [2.45, 2.75) is 102 Å². The lowest BCUT2D eigenvalue weighted by atomic mass is 10.1. The second kappa shape index (κ2) is 12.3. The minimum Gasteiger partial charge on any atom is -0.353 e. The highest BCUT2D eigenvalue weighted by molar-refractivity contribution is 7.71. The number of hydrogen-bond acceptors (Lipinski definition) is 14. The standard InChI is InChI=1S/C23H42O14P2/c1-9-28-38(24,29-10-2)13-39(25,30-11-14-16-18(20(26-7)32-14)36-22(3,4)34-16)31-12-15-17-19(21(27-8)33-15)37-23(5,6)35-17/h14-21H,9-13H2,1-8H3/t14-,15-,16-,17-,18-,19-,20-,21-/m1/s1. The Bertz CT molecular complexity index is 867. The molecule has 0 aliphatic carbocycles. The molecule has 4 heterocycles. The van der Waals surface area contributed by atoms with E-state index >= 15 is 0 Å². The summed E-state index contributed by atoms with van der Waals surface area (Å²) in [7, 11) is -5.00. The van der Waals surface area contributed by atoms with Crippen LogP contribution >= 0.6 is 15.2 Å². The predicted octanol–water partition coefficient (Wildman–Crippen LogP) is 3.22. The predicted molar refractivity (Wildman–Crippen MR) is 134 cm³/mol. The molecule has 39 heavy (non-hydrogen) atoms. The molecule has 0 saturated carbocycles. The molecular formula is C23H42O14P2. The third kappa shape index (κ3) is 7.32. The van der Waals surface area contributed by atoms with E-state index in [9.17, 15) is 9.13 Å². The van der Waals surface area contributed by atoms with Crippen LogP contribution in [0.1, 0.15) is 41.5 Å². The van der Waals surface area contributed by atoms with E-state index in [2.05, 4.69) is 0 Å². The molecule has 0 aromatic heterocycles. The van der Waals surface area contributed by atoms with E-state index in [0.29, 0.717) is 0 Å². The highest BCUT2D eigenvalue weighted by Gasteiger charge is 2.58. The molecule has 0 aromatic rings. The summed E-state index contributed by atoms with van der Waals surface area (Å²) in [6, 6.07) is 0. The highest BCUT2D eigenvalue weighted by Crippen LogP contribution is 2.64. The highest BCUT2D eigenvalue weighted by atomic mass is 31.2. The molecule has 0 radical (unpaired) electrons. The zero-order chi connectivity index (χ0) is 28.6. The minimum atomic E-state index is -4.15. The largest absolute Gasteiger partial charge is 0.353 e. The van der Waals surface area contributed by atoms with Crippen molar-refractivity contribution in [2.75, 3.05) is 46.6 Å². The van der Waals surface area contributed by atoms with Crippen LogP contribution in [0.15, 0.2) is 0 Å². The van der Waals surface area contributed by atoms with Crippen LogP contribution in [0.25, 0.3) is 0 Å². The second-order valence-corrected chi connectivity index (χ2v) is 15.1. The van der Waals surface area contributed by atoms with Crippen molar-refractivity contribution >= 4 is 15.2 Å². The van der Waals surface area contributed by atoms with Crippen LogP contribution in [0, 0.1) is 0 Å². The lowest BCUT2D eigenvalue weighted by Gasteiger charge is -2.28. The van der Waals surface area contributed by atoms with Gasteiger partial charge in [-0.25, -0.2) is 0 Å². The fourth-order valence-corrected chi connectivity index (χ4v) is 9.84. The Morgan fingerprint density at radius 2 is 0.974 bits per heavy atom. The van der Waals surface area contributed by atoms with Crippen LogP contribution in [-0.4, -0.2) is 107 Å². The van der Waals surface area contributed by atoms with Gasteiger partial charge in [0.2, 0.25) is 0 Å². The Balaban J connectivity index is 1.49. The van der Waals surface area contributed by atoms with Crippen molar-refractivity contribution in [1.82, 2.24) is 0 Å². The first-order chi connectivity index (χ1) is 18.3. The van der Waals surface area contributed by atoms with Gasteiger partial charge in [-0.1, -0.05) is 0 Å². The third-order valence-electron chi connectivity index (χ3n) is 6.55. The van der Waals surface area contributed by atoms with Crippen LogP contribution in [-0.2, 0) is 65.1 Å². The minimum absolute atomic E-state index is 0.0772. The molecule has 0 unspecified atom stereocenters. The van der Waals surface area contributed by atoms with Gasteiger partial charge in [0.15, 0.2) is 30.1 Å². The molecular weight excluding hydrogens is 562 g/mol. The van der Waals surface area contributed by atoms with Gasteiger partial charge in [0.25, 0.3) is 0 Å². The maximum Gasteiger partial charge on any atom is 0.342 e. The Hall–Kier alpha value is -0.0200. The van der Waals surface area contributed by atoms with Crippen LogP contribution in [0.3, 0.4) is 0 Å². The molecule has 4 aliphatic rings. The van der Waals surface area contributed by atoms with Crippen molar-refractivity contribution in [3.63, 3.8) is 0 Å². The summed E-state index contributed by atoms with van der Waals surface area (Å²) in [6.45, 7) is 10.1. The SMILES string of the molecule is CCOP(=O)(CP(=O)(OC[C@H]1O[C@@H](OC)[C@@H]2OC(C)(C)O[C@@H]21)OC[C@H]1O[C@@H](OC)[C@@H]2OC(C)(C)O[C@@H]21)OCC. The maximum atomic E-state index is 14.1. The lowest BCUT2D eigenvalue weighted by molar-refractivity contribution is -0.230. The Morgan fingerprint density at radius 1 is 0.615 bits per heavy atom. The lowest BCUT2D eigenvalue weighted by Crippen LogP contribution is -2.34. The summed E-state index contributed by atoms with van der Waals surface area (Å²) in [5.74, 6) is -2.34. The molecule has 8 atom stereocenters. The van der Waals surface area contributed by atoms with Gasteiger partial charge >= 0.3 is 15.2 Å². The monoisotopic (exact) mass is 604 g/mol. The summed E-state index contributed by atoms with van der Waals surface area (Å²) in [4.78, 5) is 0. The number of rotatable bonds is 14. The van der Waals surface area contributed by atoms with E-state index in [-0.39, 0.29) is 26.4 Å². The molecule has 0 bridgehead atoms. The second-order valence-electron chi connectivity index (χ2n) is 10.5. The molecule has 4 rings (SSSR count). The first-order valence-corrected chi connectivity index (χ1v) is 16.6. The Morgan fingerprint density at radius 3 is 1.33 bits per heavy atom. The summed E-state index contributed by atoms with van der Waals surface area (Å²) in [5.41, 5.74) is 0.